The zero-order valence-corrected chi connectivity index (χ0v) is 13.9. The van der Waals surface area contributed by atoms with Crippen molar-refractivity contribution in [1.29, 1.82) is 0 Å². The molecule has 2 rings (SSSR count). The number of rotatable bonds is 4. The molecule has 122 valence electrons. The van der Waals surface area contributed by atoms with Gasteiger partial charge >= 0.3 is 0 Å². The molecule has 4 nitrogen and oxygen atoms in total. The van der Waals surface area contributed by atoms with Gasteiger partial charge in [0, 0.05) is 19.1 Å². The second-order valence-electron chi connectivity index (χ2n) is 7.26. The molecule has 0 radical (unpaired) electrons. The zero-order valence-electron chi connectivity index (χ0n) is 13.9. The van der Waals surface area contributed by atoms with Crippen LogP contribution in [0.5, 0.6) is 0 Å². The van der Waals surface area contributed by atoms with Crippen LogP contribution in [-0.2, 0) is 4.79 Å². The van der Waals surface area contributed by atoms with Gasteiger partial charge in [-0.2, -0.15) is 0 Å². The highest BCUT2D eigenvalue weighted by molar-refractivity contribution is 5.78. The van der Waals surface area contributed by atoms with E-state index >= 15 is 0 Å². The van der Waals surface area contributed by atoms with E-state index < -0.39 is 0 Å². The number of carbonyl (C=O) groups is 1. The van der Waals surface area contributed by atoms with E-state index in [-0.39, 0.29) is 18.6 Å². The summed E-state index contributed by atoms with van der Waals surface area (Å²) in [5, 5.41) is 9.59. The minimum Gasteiger partial charge on any atom is -0.395 e. The van der Waals surface area contributed by atoms with Gasteiger partial charge in [0.05, 0.1) is 13.2 Å². The Hall–Kier alpha value is -0.610. The van der Waals surface area contributed by atoms with Crippen molar-refractivity contribution in [3.63, 3.8) is 0 Å². The van der Waals surface area contributed by atoms with Crippen LogP contribution >= 0.6 is 0 Å². The third-order valence-electron chi connectivity index (χ3n) is 5.68. The summed E-state index contributed by atoms with van der Waals surface area (Å²) in [5.41, 5.74) is 0. The molecule has 0 bridgehead atoms. The van der Waals surface area contributed by atoms with E-state index in [1.165, 1.54) is 12.8 Å². The van der Waals surface area contributed by atoms with E-state index in [1.54, 1.807) is 0 Å². The van der Waals surface area contributed by atoms with Gasteiger partial charge in [0.25, 0.3) is 0 Å². The minimum atomic E-state index is 0.155. The van der Waals surface area contributed by atoms with Crippen LogP contribution < -0.4 is 0 Å². The molecule has 1 saturated heterocycles. The Balaban J connectivity index is 1.87. The quantitative estimate of drug-likeness (QED) is 0.864. The fourth-order valence-corrected chi connectivity index (χ4v) is 3.94. The van der Waals surface area contributed by atoms with Crippen molar-refractivity contribution >= 4 is 5.91 Å². The molecule has 1 saturated carbocycles. The van der Waals surface area contributed by atoms with Gasteiger partial charge in [-0.05, 0) is 56.9 Å². The van der Waals surface area contributed by atoms with Gasteiger partial charge < -0.3 is 10.0 Å². The first-order valence-corrected chi connectivity index (χ1v) is 8.63. The summed E-state index contributed by atoms with van der Waals surface area (Å²) in [6.45, 7) is 6.07. The fourth-order valence-electron chi connectivity index (χ4n) is 3.94. The molecule has 1 N–H and O–H groups in total. The maximum Gasteiger partial charge on any atom is 0.236 e. The highest BCUT2D eigenvalue weighted by Crippen LogP contribution is 2.27. The Morgan fingerprint density at radius 1 is 1.19 bits per heavy atom. The van der Waals surface area contributed by atoms with Gasteiger partial charge in [-0.15, -0.1) is 0 Å². The molecular formula is C17H32N2O2. The number of likely N-dealkylation sites (N-methyl/N-ethyl adjacent to an activating group) is 1. The van der Waals surface area contributed by atoms with E-state index in [4.69, 9.17) is 0 Å². The number of carbonyl (C=O) groups excluding carboxylic acids is 1. The maximum absolute atomic E-state index is 12.6. The smallest absolute Gasteiger partial charge is 0.236 e. The lowest BCUT2D eigenvalue weighted by Crippen LogP contribution is -2.52. The predicted octanol–water partition coefficient (Wildman–Crippen LogP) is 2.12. The molecule has 21 heavy (non-hydrogen) atoms. The number of likely N-dealkylation sites (tertiary alicyclic amines) is 1. The maximum atomic E-state index is 12.6. The zero-order chi connectivity index (χ0) is 15.4. The monoisotopic (exact) mass is 296 g/mol. The van der Waals surface area contributed by atoms with E-state index in [1.807, 2.05) is 11.9 Å². The molecule has 1 heterocycles. The SMILES string of the molecule is CC1CCC(N(C)C(=O)CN2CCC[C@@H](C)[C@@H]2CO)CC1. The number of piperidine rings is 1. The Bertz CT molecular complexity index is 340. The molecular weight excluding hydrogens is 264 g/mol. The van der Waals surface area contributed by atoms with E-state index in [9.17, 15) is 9.90 Å². The average Bonchev–Trinajstić information content (AvgIpc) is 2.47. The van der Waals surface area contributed by atoms with Crippen LogP contribution in [0, 0.1) is 11.8 Å². The summed E-state index contributed by atoms with van der Waals surface area (Å²) in [6, 6.07) is 0.575. The van der Waals surface area contributed by atoms with Crippen LogP contribution in [0.15, 0.2) is 0 Å². The standard InChI is InChI=1S/C17H32N2O2/c1-13-6-8-15(9-7-13)18(3)17(21)11-19-10-4-5-14(2)16(19)12-20/h13-16,20H,4-12H2,1-3H3/t13?,14-,15?,16+/m1/s1. The molecule has 1 aliphatic heterocycles. The van der Waals surface area contributed by atoms with Crippen molar-refractivity contribution in [2.75, 3.05) is 26.7 Å². The van der Waals surface area contributed by atoms with Gasteiger partial charge in [-0.3, -0.25) is 9.69 Å². The molecule has 1 amide bonds. The Morgan fingerprint density at radius 2 is 1.86 bits per heavy atom. The van der Waals surface area contributed by atoms with Crippen molar-refractivity contribution in [2.24, 2.45) is 11.8 Å². The van der Waals surface area contributed by atoms with Crippen LogP contribution in [0.3, 0.4) is 0 Å². The third-order valence-corrected chi connectivity index (χ3v) is 5.68. The first-order valence-electron chi connectivity index (χ1n) is 8.63. The summed E-state index contributed by atoms with van der Waals surface area (Å²) in [7, 11) is 1.96. The number of hydrogen-bond acceptors (Lipinski definition) is 3. The van der Waals surface area contributed by atoms with Crippen molar-refractivity contribution < 1.29 is 9.90 Å². The summed E-state index contributed by atoms with van der Waals surface area (Å²) >= 11 is 0. The van der Waals surface area contributed by atoms with E-state index in [0.29, 0.717) is 18.5 Å². The normalized spacial score (nSPS) is 34.7. The van der Waals surface area contributed by atoms with Crippen molar-refractivity contribution in [3.05, 3.63) is 0 Å². The molecule has 0 aromatic heterocycles. The highest BCUT2D eigenvalue weighted by Gasteiger charge is 2.31. The van der Waals surface area contributed by atoms with E-state index in [2.05, 4.69) is 18.7 Å². The average molecular weight is 296 g/mol. The summed E-state index contributed by atoms with van der Waals surface area (Å²) < 4.78 is 0. The molecule has 4 heteroatoms. The first-order chi connectivity index (χ1) is 10.0. The predicted molar refractivity (Wildman–Crippen MR) is 85.0 cm³/mol. The Labute approximate surface area is 129 Å². The summed E-state index contributed by atoms with van der Waals surface area (Å²) in [6.07, 6.45) is 7.05. The van der Waals surface area contributed by atoms with Crippen molar-refractivity contribution in [2.45, 2.75) is 64.5 Å². The largest absolute Gasteiger partial charge is 0.395 e. The van der Waals surface area contributed by atoms with Gasteiger partial charge in [-0.1, -0.05) is 13.8 Å². The van der Waals surface area contributed by atoms with Crippen LogP contribution in [0.4, 0.5) is 0 Å². The summed E-state index contributed by atoms with van der Waals surface area (Å²) in [5.74, 6) is 1.52. The molecule has 0 aromatic rings. The number of nitrogens with zero attached hydrogens (tertiary/aromatic N) is 2. The first kappa shape index (κ1) is 16.8. The highest BCUT2D eigenvalue weighted by atomic mass is 16.3. The number of hydrogen-bond donors (Lipinski definition) is 1. The van der Waals surface area contributed by atoms with Crippen molar-refractivity contribution in [1.82, 2.24) is 9.80 Å². The number of aliphatic hydroxyl groups excluding tert-OH is 1. The molecule has 0 spiro atoms. The lowest BCUT2D eigenvalue weighted by atomic mass is 9.86. The van der Waals surface area contributed by atoms with Gasteiger partial charge in [0.15, 0.2) is 0 Å². The topological polar surface area (TPSA) is 43.8 Å². The van der Waals surface area contributed by atoms with Crippen molar-refractivity contribution in [3.8, 4) is 0 Å². The second kappa shape index (κ2) is 7.59. The Morgan fingerprint density at radius 3 is 2.48 bits per heavy atom. The van der Waals surface area contributed by atoms with Crippen LogP contribution in [0.2, 0.25) is 0 Å². The lowest BCUT2D eigenvalue weighted by molar-refractivity contribution is -0.135. The number of aliphatic hydroxyl groups is 1. The van der Waals surface area contributed by atoms with Gasteiger partial charge in [-0.25, -0.2) is 0 Å². The third kappa shape index (κ3) is 4.19. The summed E-state index contributed by atoms with van der Waals surface area (Å²) in [4.78, 5) is 16.7. The number of amides is 1. The van der Waals surface area contributed by atoms with Crippen LogP contribution in [0.1, 0.15) is 52.4 Å². The molecule has 2 aliphatic rings. The fraction of sp³-hybridized carbons (Fsp3) is 0.941. The molecule has 2 fully saturated rings. The molecule has 0 aromatic carbocycles. The van der Waals surface area contributed by atoms with Crippen LogP contribution in [-0.4, -0.2) is 59.6 Å². The Kier molecular flexibility index (Phi) is 6.06. The van der Waals surface area contributed by atoms with Gasteiger partial charge in [0.2, 0.25) is 5.91 Å². The van der Waals surface area contributed by atoms with E-state index in [0.717, 1.165) is 38.1 Å². The molecule has 1 aliphatic carbocycles. The lowest BCUT2D eigenvalue weighted by Gasteiger charge is -2.40. The van der Waals surface area contributed by atoms with Crippen LogP contribution in [0.25, 0.3) is 0 Å². The molecule has 0 unspecified atom stereocenters. The molecule has 2 atom stereocenters. The second-order valence-corrected chi connectivity index (χ2v) is 7.26. The van der Waals surface area contributed by atoms with Gasteiger partial charge in [0.1, 0.15) is 0 Å². The minimum absolute atomic E-state index is 0.155.